The van der Waals surface area contributed by atoms with Gasteiger partial charge in [-0.3, -0.25) is 0 Å². The third-order valence-corrected chi connectivity index (χ3v) is 3.29. The van der Waals surface area contributed by atoms with Gasteiger partial charge in [-0.2, -0.15) is 10.4 Å². The summed E-state index contributed by atoms with van der Waals surface area (Å²) in [5, 5.41) is 14.1. The van der Waals surface area contributed by atoms with Crippen molar-refractivity contribution in [1.82, 2.24) is 9.78 Å². The Labute approximate surface area is 107 Å². The third kappa shape index (κ3) is 1.79. The summed E-state index contributed by atoms with van der Waals surface area (Å²) in [4.78, 5) is 0. The van der Waals surface area contributed by atoms with Crippen molar-refractivity contribution in [3.8, 4) is 6.07 Å². The Kier molecular flexibility index (Phi) is 2.81. The first kappa shape index (κ1) is 11.3. The first-order valence-electron chi connectivity index (χ1n) is 6.09. The minimum Gasteiger partial charge on any atom is -0.356 e. The lowest BCUT2D eigenvalue weighted by Gasteiger charge is -2.23. The van der Waals surface area contributed by atoms with E-state index in [4.69, 9.17) is 17.8 Å². The van der Waals surface area contributed by atoms with Crippen molar-refractivity contribution in [3.05, 3.63) is 23.8 Å². The van der Waals surface area contributed by atoms with Gasteiger partial charge >= 0.3 is 0 Å². The molecule has 88 valence electrons. The highest BCUT2D eigenvalue weighted by Crippen LogP contribution is 2.25. The molecular formula is C13H12BN3O. The largest absolute Gasteiger partial charge is 0.356 e. The number of fused-ring (bicyclic) bond motifs is 1. The van der Waals surface area contributed by atoms with Crippen LogP contribution in [0.2, 0.25) is 0 Å². The maximum atomic E-state index is 8.90. The highest BCUT2D eigenvalue weighted by Gasteiger charge is 2.19. The number of ether oxygens (including phenoxy) is 1. The van der Waals surface area contributed by atoms with E-state index in [0.717, 1.165) is 36.8 Å². The van der Waals surface area contributed by atoms with Gasteiger partial charge in [-0.1, -0.05) is 0 Å². The van der Waals surface area contributed by atoms with E-state index < -0.39 is 0 Å². The first-order chi connectivity index (χ1) is 8.79. The van der Waals surface area contributed by atoms with Crippen molar-refractivity contribution in [3.63, 3.8) is 0 Å². The summed E-state index contributed by atoms with van der Waals surface area (Å²) in [5.74, 6) is 0. The van der Waals surface area contributed by atoms with Gasteiger partial charge in [0.1, 0.15) is 7.85 Å². The molecule has 18 heavy (non-hydrogen) atoms. The topological polar surface area (TPSA) is 50.8 Å². The van der Waals surface area contributed by atoms with Gasteiger partial charge in [-0.25, -0.2) is 4.68 Å². The molecule has 1 unspecified atom stereocenters. The highest BCUT2D eigenvalue weighted by molar-refractivity contribution is 6.37. The summed E-state index contributed by atoms with van der Waals surface area (Å²) >= 11 is 0. The van der Waals surface area contributed by atoms with Crippen molar-refractivity contribution in [2.45, 2.75) is 25.5 Å². The van der Waals surface area contributed by atoms with Gasteiger partial charge in [0.15, 0.2) is 6.23 Å². The molecule has 3 rings (SSSR count). The number of hydrogen-bond donors (Lipinski definition) is 0. The Morgan fingerprint density at radius 2 is 2.33 bits per heavy atom. The van der Waals surface area contributed by atoms with Crippen LogP contribution in [0, 0.1) is 11.3 Å². The van der Waals surface area contributed by atoms with E-state index in [1.54, 1.807) is 12.1 Å². The van der Waals surface area contributed by atoms with Crippen LogP contribution in [0.3, 0.4) is 0 Å². The quantitative estimate of drug-likeness (QED) is 0.704. The van der Waals surface area contributed by atoms with E-state index in [1.807, 2.05) is 10.7 Å². The minimum absolute atomic E-state index is 0.0357. The van der Waals surface area contributed by atoms with Gasteiger partial charge < -0.3 is 4.74 Å². The maximum Gasteiger partial charge on any atom is 0.150 e. The Morgan fingerprint density at radius 1 is 1.44 bits per heavy atom. The Morgan fingerprint density at radius 3 is 3.06 bits per heavy atom. The zero-order valence-electron chi connectivity index (χ0n) is 9.97. The first-order valence-corrected chi connectivity index (χ1v) is 6.09. The standard InChI is InChI=1S/C13H12BN3O/c14-13-10-7-9(8-15)4-5-11(10)17(16-13)12-3-1-2-6-18-12/h4-5,7,12H,1-3,6H2. The number of hydrogen-bond acceptors (Lipinski definition) is 3. The lowest BCUT2D eigenvalue weighted by atomic mass is 9.99. The molecule has 0 saturated carbocycles. The molecule has 2 heterocycles. The summed E-state index contributed by atoms with van der Waals surface area (Å²) in [6.45, 7) is 0.766. The smallest absolute Gasteiger partial charge is 0.150 e. The molecule has 0 aliphatic carbocycles. The maximum absolute atomic E-state index is 8.90. The van der Waals surface area contributed by atoms with Crippen molar-refractivity contribution < 1.29 is 4.74 Å². The van der Waals surface area contributed by atoms with Crippen molar-refractivity contribution in [2.75, 3.05) is 6.61 Å². The molecule has 1 aromatic carbocycles. The van der Waals surface area contributed by atoms with E-state index >= 15 is 0 Å². The van der Waals surface area contributed by atoms with E-state index in [0.29, 0.717) is 11.2 Å². The van der Waals surface area contributed by atoms with Gasteiger partial charge in [0, 0.05) is 17.6 Å². The number of rotatable bonds is 1. The zero-order chi connectivity index (χ0) is 12.5. The second kappa shape index (κ2) is 4.47. The lowest BCUT2D eigenvalue weighted by Crippen LogP contribution is -2.20. The molecule has 2 aromatic rings. The average Bonchev–Trinajstić information content (AvgIpc) is 2.77. The summed E-state index contributed by atoms with van der Waals surface area (Å²) in [6.07, 6.45) is 3.16. The van der Waals surface area contributed by atoms with Crippen LogP contribution in [-0.4, -0.2) is 24.2 Å². The van der Waals surface area contributed by atoms with Gasteiger partial charge in [-0.05, 0) is 37.5 Å². The Bertz CT molecular complexity index is 623. The molecule has 1 atom stereocenters. The SMILES string of the molecule is [B]c1nn(C2CCCCO2)c2ccc(C#N)cc12. The van der Waals surface area contributed by atoms with Crippen LogP contribution in [0.15, 0.2) is 18.2 Å². The number of nitrogens with zero attached hydrogens (tertiary/aromatic N) is 3. The van der Waals surface area contributed by atoms with E-state index in [1.165, 1.54) is 0 Å². The van der Waals surface area contributed by atoms with Gasteiger partial charge in [0.05, 0.1) is 17.1 Å². The lowest BCUT2D eigenvalue weighted by molar-refractivity contribution is -0.0364. The minimum atomic E-state index is -0.0357. The molecule has 0 bridgehead atoms. The molecule has 4 nitrogen and oxygen atoms in total. The van der Waals surface area contributed by atoms with Crippen LogP contribution >= 0.6 is 0 Å². The van der Waals surface area contributed by atoms with Crippen LogP contribution in [0.4, 0.5) is 0 Å². The van der Waals surface area contributed by atoms with Crippen LogP contribution in [0.5, 0.6) is 0 Å². The molecule has 1 saturated heterocycles. The second-order valence-corrected chi connectivity index (χ2v) is 4.49. The van der Waals surface area contributed by atoms with Gasteiger partial charge in [-0.15, -0.1) is 0 Å². The third-order valence-electron chi connectivity index (χ3n) is 3.29. The van der Waals surface area contributed by atoms with Crippen LogP contribution in [-0.2, 0) is 4.74 Å². The van der Waals surface area contributed by atoms with Gasteiger partial charge in [0.25, 0.3) is 0 Å². The molecule has 1 aliphatic heterocycles. The summed E-state index contributed by atoms with van der Waals surface area (Å²) in [7, 11) is 5.91. The fraction of sp³-hybridized carbons (Fsp3) is 0.385. The fourth-order valence-electron chi connectivity index (χ4n) is 2.37. The van der Waals surface area contributed by atoms with Crippen LogP contribution in [0.1, 0.15) is 31.1 Å². The predicted molar refractivity (Wildman–Crippen MR) is 68.7 cm³/mol. The van der Waals surface area contributed by atoms with E-state index in [-0.39, 0.29) is 6.23 Å². The summed E-state index contributed by atoms with van der Waals surface area (Å²) in [6, 6.07) is 7.55. The predicted octanol–water partition coefficient (Wildman–Crippen LogP) is 1.40. The number of aromatic nitrogens is 2. The van der Waals surface area contributed by atoms with Crippen molar-refractivity contribution in [2.24, 2.45) is 0 Å². The van der Waals surface area contributed by atoms with Crippen molar-refractivity contribution >= 4 is 24.3 Å². The molecule has 1 aliphatic rings. The molecular weight excluding hydrogens is 225 g/mol. The molecule has 2 radical (unpaired) electrons. The zero-order valence-corrected chi connectivity index (χ0v) is 9.97. The molecule has 0 N–H and O–H groups in total. The van der Waals surface area contributed by atoms with Crippen molar-refractivity contribution in [1.29, 1.82) is 5.26 Å². The molecule has 0 spiro atoms. The second-order valence-electron chi connectivity index (χ2n) is 4.49. The monoisotopic (exact) mass is 237 g/mol. The Hall–Kier alpha value is -1.80. The Balaban J connectivity index is 2.10. The summed E-state index contributed by atoms with van der Waals surface area (Å²) < 4.78 is 7.56. The number of nitriles is 1. The number of benzene rings is 1. The van der Waals surface area contributed by atoms with Gasteiger partial charge in [0.2, 0.25) is 0 Å². The van der Waals surface area contributed by atoms with Crippen LogP contribution in [0.25, 0.3) is 10.9 Å². The summed E-state index contributed by atoms with van der Waals surface area (Å²) in [5.41, 5.74) is 1.98. The van der Waals surface area contributed by atoms with Crippen LogP contribution < -0.4 is 5.59 Å². The highest BCUT2D eigenvalue weighted by atomic mass is 16.5. The molecule has 5 heteroatoms. The van der Waals surface area contributed by atoms with E-state index in [2.05, 4.69) is 11.2 Å². The molecule has 1 aromatic heterocycles. The molecule has 1 fully saturated rings. The normalized spacial score (nSPS) is 19.8. The average molecular weight is 237 g/mol. The fourth-order valence-corrected chi connectivity index (χ4v) is 2.37. The van der Waals surface area contributed by atoms with E-state index in [9.17, 15) is 0 Å². The molecule has 0 amide bonds.